The van der Waals surface area contributed by atoms with Gasteiger partial charge in [0.25, 0.3) is 5.91 Å². The zero-order valence-electron chi connectivity index (χ0n) is 9.69. The van der Waals surface area contributed by atoms with Crippen LogP contribution in [0.5, 0.6) is 0 Å². The van der Waals surface area contributed by atoms with Crippen LogP contribution in [-0.4, -0.2) is 39.6 Å². The van der Waals surface area contributed by atoms with Gasteiger partial charge in [-0.15, -0.1) is 0 Å². The van der Waals surface area contributed by atoms with Crippen molar-refractivity contribution in [1.82, 2.24) is 10.2 Å². The summed E-state index contributed by atoms with van der Waals surface area (Å²) in [5.41, 5.74) is -0.666. The summed E-state index contributed by atoms with van der Waals surface area (Å²) in [6, 6.07) is -0.826. The molecule has 0 aromatic heterocycles. The Morgan fingerprint density at radius 3 is 2.38 bits per heavy atom. The first-order chi connectivity index (χ1) is 7.48. The third kappa shape index (κ3) is 1.50. The van der Waals surface area contributed by atoms with E-state index in [1.165, 1.54) is 4.90 Å². The molecule has 90 valence electrons. The van der Waals surface area contributed by atoms with Gasteiger partial charge in [0.15, 0.2) is 0 Å². The SMILES string of the molecule is CC(O)C(C)N1C(=O)NC2(CCCC2)C1=O. The maximum absolute atomic E-state index is 12.2. The molecule has 0 aromatic carbocycles. The second-order valence-electron chi connectivity index (χ2n) is 4.88. The monoisotopic (exact) mass is 226 g/mol. The number of carbonyl (C=O) groups excluding carboxylic acids is 2. The first-order valence-corrected chi connectivity index (χ1v) is 5.82. The van der Waals surface area contributed by atoms with Crippen molar-refractivity contribution in [2.24, 2.45) is 0 Å². The molecular weight excluding hydrogens is 208 g/mol. The van der Waals surface area contributed by atoms with Crippen LogP contribution in [0.25, 0.3) is 0 Å². The van der Waals surface area contributed by atoms with Crippen LogP contribution < -0.4 is 5.32 Å². The zero-order valence-corrected chi connectivity index (χ0v) is 9.69. The van der Waals surface area contributed by atoms with Gasteiger partial charge in [-0.2, -0.15) is 0 Å². The predicted molar refractivity (Wildman–Crippen MR) is 57.7 cm³/mol. The number of aliphatic hydroxyl groups excluding tert-OH is 1. The van der Waals surface area contributed by atoms with Gasteiger partial charge in [-0.25, -0.2) is 4.79 Å². The average molecular weight is 226 g/mol. The number of hydrogen-bond donors (Lipinski definition) is 2. The summed E-state index contributed by atoms with van der Waals surface area (Å²) >= 11 is 0. The largest absolute Gasteiger partial charge is 0.391 e. The van der Waals surface area contributed by atoms with Crippen LogP contribution in [0, 0.1) is 0 Å². The second-order valence-corrected chi connectivity index (χ2v) is 4.88. The molecule has 1 saturated carbocycles. The van der Waals surface area contributed by atoms with E-state index in [1.807, 2.05) is 0 Å². The highest BCUT2D eigenvalue weighted by atomic mass is 16.3. The Hall–Kier alpha value is -1.10. The van der Waals surface area contributed by atoms with Gasteiger partial charge in [-0.3, -0.25) is 9.69 Å². The molecule has 1 saturated heterocycles. The van der Waals surface area contributed by atoms with Crippen LogP contribution >= 0.6 is 0 Å². The standard InChI is InChI=1S/C11H18N2O3/c1-7(8(2)14)13-9(15)11(12-10(13)16)5-3-4-6-11/h7-8,14H,3-6H2,1-2H3,(H,12,16). The summed E-state index contributed by atoms with van der Waals surface area (Å²) in [6.07, 6.45) is 2.69. The van der Waals surface area contributed by atoms with Crippen molar-refractivity contribution in [1.29, 1.82) is 0 Å². The quantitative estimate of drug-likeness (QED) is 0.678. The van der Waals surface area contributed by atoms with Crippen molar-refractivity contribution in [3.05, 3.63) is 0 Å². The van der Waals surface area contributed by atoms with Gasteiger partial charge < -0.3 is 10.4 Å². The lowest BCUT2D eigenvalue weighted by atomic mass is 9.97. The molecular formula is C11H18N2O3. The summed E-state index contributed by atoms with van der Waals surface area (Å²) < 4.78 is 0. The van der Waals surface area contributed by atoms with Crippen molar-refractivity contribution in [3.63, 3.8) is 0 Å². The van der Waals surface area contributed by atoms with Crippen LogP contribution in [0.2, 0.25) is 0 Å². The van der Waals surface area contributed by atoms with Crippen LogP contribution in [0.3, 0.4) is 0 Å². The molecule has 2 rings (SSSR count). The predicted octanol–water partition coefficient (Wildman–Crippen LogP) is 0.620. The lowest BCUT2D eigenvalue weighted by Gasteiger charge is -2.25. The Bertz CT molecular complexity index is 321. The summed E-state index contributed by atoms with van der Waals surface area (Å²) in [5, 5.41) is 12.3. The fraction of sp³-hybridized carbons (Fsp3) is 0.818. The molecule has 2 fully saturated rings. The Morgan fingerprint density at radius 1 is 1.31 bits per heavy atom. The number of hydrogen-bond acceptors (Lipinski definition) is 3. The lowest BCUT2D eigenvalue weighted by Crippen LogP contribution is -2.47. The highest BCUT2D eigenvalue weighted by Gasteiger charge is 2.53. The third-order valence-electron chi connectivity index (χ3n) is 3.76. The van der Waals surface area contributed by atoms with Crippen molar-refractivity contribution in [2.75, 3.05) is 0 Å². The Morgan fingerprint density at radius 2 is 1.88 bits per heavy atom. The normalized spacial score (nSPS) is 27.3. The molecule has 1 aliphatic heterocycles. The Labute approximate surface area is 94.8 Å². The topological polar surface area (TPSA) is 69.6 Å². The molecule has 5 nitrogen and oxygen atoms in total. The Kier molecular flexibility index (Phi) is 2.66. The minimum Gasteiger partial charge on any atom is -0.391 e. The lowest BCUT2D eigenvalue weighted by molar-refractivity contribution is -0.133. The maximum Gasteiger partial charge on any atom is 0.325 e. The van der Waals surface area contributed by atoms with E-state index in [0.717, 1.165) is 25.7 Å². The average Bonchev–Trinajstić information content (AvgIpc) is 2.75. The van der Waals surface area contributed by atoms with E-state index in [4.69, 9.17) is 0 Å². The van der Waals surface area contributed by atoms with E-state index in [9.17, 15) is 14.7 Å². The van der Waals surface area contributed by atoms with Crippen molar-refractivity contribution in [2.45, 2.75) is 57.2 Å². The van der Waals surface area contributed by atoms with Crippen LogP contribution in [0.4, 0.5) is 4.79 Å². The minimum absolute atomic E-state index is 0.164. The molecule has 3 amide bonds. The van der Waals surface area contributed by atoms with Gasteiger partial charge in [-0.05, 0) is 26.7 Å². The third-order valence-corrected chi connectivity index (χ3v) is 3.76. The molecule has 0 bridgehead atoms. The van der Waals surface area contributed by atoms with Crippen molar-refractivity contribution in [3.8, 4) is 0 Å². The number of urea groups is 1. The highest BCUT2D eigenvalue weighted by Crippen LogP contribution is 2.35. The highest BCUT2D eigenvalue weighted by molar-refractivity contribution is 6.07. The van der Waals surface area contributed by atoms with Gasteiger partial charge in [0, 0.05) is 0 Å². The number of nitrogens with zero attached hydrogens (tertiary/aromatic N) is 1. The van der Waals surface area contributed by atoms with Gasteiger partial charge in [0.2, 0.25) is 0 Å². The number of carbonyl (C=O) groups is 2. The number of rotatable bonds is 2. The number of amides is 3. The first-order valence-electron chi connectivity index (χ1n) is 5.82. The minimum atomic E-state index is -0.703. The van der Waals surface area contributed by atoms with E-state index >= 15 is 0 Å². The molecule has 2 aliphatic rings. The molecule has 0 radical (unpaired) electrons. The van der Waals surface area contributed by atoms with Crippen molar-refractivity contribution >= 4 is 11.9 Å². The molecule has 1 spiro atoms. The van der Waals surface area contributed by atoms with Crippen molar-refractivity contribution < 1.29 is 14.7 Å². The molecule has 16 heavy (non-hydrogen) atoms. The summed E-state index contributed by atoms with van der Waals surface area (Å²) in [7, 11) is 0. The smallest absolute Gasteiger partial charge is 0.325 e. The first kappa shape index (κ1) is 11.4. The summed E-state index contributed by atoms with van der Waals surface area (Å²) in [5.74, 6) is -0.164. The second kappa shape index (κ2) is 3.73. The van der Waals surface area contributed by atoms with E-state index in [0.29, 0.717) is 0 Å². The van der Waals surface area contributed by atoms with E-state index < -0.39 is 17.7 Å². The van der Waals surface area contributed by atoms with Gasteiger partial charge >= 0.3 is 6.03 Å². The summed E-state index contributed by atoms with van der Waals surface area (Å²) in [6.45, 7) is 3.28. The van der Waals surface area contributed by atoms with E-state index in [1.54, 1.807) is 13.8 Å². The van der Waals surface area contributed by atoms with Crippen LogP contribution in [0.15, 0.2) is 0 Å². The molecule has 2 unspecified atom stereocenters. The van der Waals surface area contributed by atoms with Gasteiger partial charge in [0.05, 0.1) is 12.1 Å². The summed E-state index contributed by atoms with van der Waals surface area (Å²) in [4.78, 5) is 25.2. The Balaban J connectivity index is 2.23. The molecule has 2 atom stereocenters. The van der Waals surface area contributed by atoms with Crippen LogP contribution in [-0.2, 0) is 4.79 Å². The number of imide groups is 1. The fourth-order valence-corrected chi connectivity index (χ4v) is 2.54. The molecule has 5 heteroatoms. The fourth-order valence-electron chi connectivity index (χ4n) is 2.54. The van der Waals surface area contributed by atoms with Gasteiger partial charge in [-0.1, -0.05) is 12.8 Å². The van der Waals surface area contributed by atoms with E-state index in [-0.39, 0.29) is 11.9 Å². The molecule has 1 heterocycles. The molecule has 1 aliphatic carbocycles. The number of aliphatic hydroxyl groups is 1. The van der Waals surface area contributed by atoms with E-state index in [2.05, 4.69) is 5.32 Å². The van der Waals surface area contributed by atoms with Crippen LogP contribution in [0.1, 0.15) is 39.5 Å². The number of nitrogens with one attached hydrogen (secondary N) is 1. The van der Waals surface area contributed by atoms with Gasteiger partial charge in [0.1, 0.15) is 5.54 Å². The molecule has 0 aromatic rings. The maximum atomic E-state index is 12.2. The zero-order chi connectivity index (χ0) is 11.9. The molecule has 2 N–H and O–H groups in total.